The van der Waals surface area contributed by atoms with Gasteiger partial charge in [-0.25, -0.2) is 14.4 Å². The smallest absolute Gasteiger partial charge is 0.450 e. The number of carbonyl (C=O) groups is 3. The second-order valence-electron chi connectivity index (χ2n) is 6.56. The van der Waals surface area contributed by atoms with Gasteiger partial charge in [-0.1, -0.05) is 44.4 Å². The molecule has 0 heterocycles. The van der Waals surface area contributed by atoms with Crippen molar-refractivity contribution in [2.45, 2.75) is 58.2 Å². The lowest BCUT2D eigenvalue weighted by Gasteiger charge is -2.23. The van der Waals surface area contributed by atoms with Gasteiger partial charge >= 0.3 is 18.2 Å². The van der Waals surface area contributed by atoms with E-state index in [1.807, 2.05) is 13.0 Å². The van der Waals surface area contributed by atoms with Gasteiger partial charge in [-0.05, 0) is 37.3 Å². The van der Waals surface area contributed by atoms with Gasteiger partial charge in [0.05, 0.1) is 5.56 Å². The Labute approximate surface area is 164 Å². The molecule has 1 unspecified atom stereocenters. The normalized spacial score (nSPS) is 14.8. The summed E-state index contributed by atoms with van der Waals surface area (Å²) in [6, 6.07) is 8.71. The molecule has 1 atom stereocenters. The number of hydrogen-bond acceptors (Lipinski definition) is 5. The van der Waals surface area contributed by atoms with Crippen LogP contribution in [0.3, 0.4) is 0 Å². The number of hydrogen-bond donors (Lipinski definition) is 3. The van der Waals surface area contributed by atoms with Gasteiger partial charge in [0.1, 0.15) is 0 Å². The number of amides is 1. The Kier molecular flexibility index (Phi) is 11.1. The summed E-state index contributed by atoms with van der Waals surface area (Å²) in [5.41, 5.74) is 0.449. The number of carboxylic acid groups (broad SMARTS) is 2. The topological polar surface area (TPSA) is 122 Å². The highest BCUT2D eigenvalue weighted by Gasteiger charge is 2.20. The first kappa shape index (κ1) is 23.3. The van der Waals surface area contributed by atoms with Crippen LogP contribution < -0.4 is 5.32 Å². The minimum absolute atomic E-state index is 0.449. The van der Waals surface area contributed by atoms with E-state index in [0.29, 0.717) is 24.4 Å². The molecule has 0 radical (unpaired) electrons. The zero-order valence-corrected chi connectivity index (χ0v) is 16.1. The van der Waals surface area contributed by atoms with Crippen molar-refractivity contribution in [3.63, 3.8) is 0 Å². The molecule has 1 amide bonds. The lowest BCUT2D eigenvalue weighted by Crippen LogP contribution is -2.35. The molecule has 8 heteroatoms. The van der Waals surface area contributed by atoms with Gasteiger partial charge in [0.25, 0.3) is 0 Å². The van der Waals surface area contributed by atoms with Gasteiger partial charge in [-0.3, -0.25) is 0 Å². The molecule has 0 aromatic heterocycles. The number of ether oxygens (including phenoxy) is 2. The summed E-state index contributed by atoms with van der Waals surface area (Å²) < 4.78 is 10.6. The van der Waals surface area contributed by atoms with E-state index in [4.69, 9.17) is 24.5 Å². The molecular weight excluding hydrogens is 366 g/mol. The maximum Gasteiger partial charge on any atom is 0.503 e. The van der Waals surface area contributed by atoms with E-state index < -0.39 is 24.5 Å². The Morgan fingerprint density at radius 2 is 1.68 bits per heavy atom. The van der Waals surface area contributed by atoms with Gasteiger partial charge in [-0.15, -0.1) is 0 Å². The van der Waals surface area contributed by atoms with Gasteiger partial charge in [0.2, 0.25) is 6.29 Å². The van der Waals surface area contributed by atoms with Crippen LogP contribution in [0.25, 0.3) is 0 Å². The average molecular weight is 395 g/mol. The molecule has 8 nitrogen and oxygen atoms in total. The van der Waals surface area contributed by atoms with Crippen LogP contribution in [-0.4, -0.2) is 41.3 Å². The molecule has 0 bridgehead atoms. The van der Waals surface area contributed by atoms with Crippen molar-refractivity contribution in [2.24, 2.45) is 5.92 Å². The second-order valence-corrected chi connectivity index (χ2v) is 6.56. The quantitative estimate of drug-likeness (QED) is 0.459. The Bertz CT molecular complexity index is 596. The lowest BCUT2D eigenvalue weighted by atomic mass is 9.89. The van der Waals surface area contributed by atoms with Crippen LogP contribution >= 0.6 is 0 Å². The third-order valence-electron chi connectivity index (χ3n) is 4.27. The predicted molar refractivity (Wildman–Crippen MR) is 102 cm³/mol. The van der Waals surface area contributed by atoms with Crippen LogP contribution in [-0.2, 0) is 9.47 Å². The van der Waals surface area contributed by atoms with Crippen molar-refractivity contribution >= 4 is 18.2 Å². The number of nitrogens with one attached hydrogen (secondary N) is 1. The van der Waals surface area contributed by atoms with Gasteiger partial charge < -0.3 is 25.0 Å². The molecule has 1 aliphatic rings. The van der Waals surface area contributed by atoms with Crippen LogP contribution in [0.1, 0.15) is 62.2 Å². The summed E-state index contributed by atoms with van der Waals surface area (Å²) in [5, 5.41) is 16.7. The van der Waals surface area contributed by atoms with Crippen LogP contribution in [0.2, 0.25) is 0 Å². The fourth-order valence-electron chi connectivity index (χ4n) is 2.92. The highest BCUT2D eigenvalue weighted by atomic mass is 16.7. The molecule has 0 aliphatic heterocycles. The third-order valence-corrected chi connectivity index (χ3v) is 4.27. The molecular formula is C20H29NO7. The minimum atomic E-state index is -1.83. The number of esters is 1. The molecule has 2 rings (SSSR count). The molecule has 1 saturated carbocycles. The van der Waals surface area contributed by atoms with E-state index in [2.05, 4.69) is 5.32 Å². The first-order valence-electron chi connectivity index (χ1n) is 9.54. The van der Waals surface area contributed by atoms with E-state index in [1.165, 1.54) is 19.3 Å². The van der Waals surface area contributed by atoms with Gasteiger partial charge in [0.15, 0.2) is 0 Å². The molecule has 1 fully saturated rings. The third kappa shape index (κ3) is 10.4. The molecule has 1 aliphatic carbocycles. The Hall–Kier alpha value is -2.77. The van der Waals surface area contributed by atoms with Crippen LogP contribution in [0.15, 0.2) is 30.3 Å². The van der Waals surface area contributed by atoms with Crippen molar-refractivity contribution in [1.82, 2.24) is 5.32 Å². The Morgan fingerprint density at radius 3 is 2.25 bits per heavy atom. The van der Waals surface area contributed by atoms with Crippen LogP contribution in [0, 0.1) is 5.92 Å². The molecule has 28 heavy (non-hydrogen) atoms. The molecule has 1 aromatic carbocycles. The molecule has 3 N–H and O–H groups in total. The summed E-state index contributed by atoms with van der Waals surface area (Å²) in [5.74, 6) is 0.0527. The number of alkyl carbamates (subject to hydrolysis) is 1. The number of benzene rings is 1. The summed E-state index contributed by atoms with van der Waals surface area (Å²) >= 11 is 0. The van der Waals surface area contributed by atoms with E-state index in [-0.39, 0.29) is 0 Å². The first-order chi connectivity index (χ1) is 13.4. The maximum absolute atomic E-state index is 12.1. The van der Waals surface area contributed by atoms with Gasteiger partial charge in [0, 0.05) is 13.0 Å². The average Bonchev–Trinajstić information content (AvgIpc) is 2.67. The van der Waals surface area contributed by atoms with Crippen LogP contribution in [0.5, 0.6) is 0 Å². The van der Waals surface area contributed by atoms with Crippen molar-refractivity contribution < 1.29 is 34.1 Å². The summed E-state index contributed by atoms with van der Waals surface area (Å²) in [4.78, 5) is 32.6. The van der Waals surface area contributed by atoms with E-state index in [1.54, 1.807) is 24.3 Å². The van der Waals surface area contributed by atoms with Crippen molar-refractivity contribution in [3.8, 4) is 0 Å². The lowest BCUT2D eigenvalue weighted by molar-refractivity contribution is -0.0754. The Morgan fingerprint density at radius 1 is 1.07 bits per heavy atom. The van der Waals surface area contributed by atoms with E-state index in [0.717, 1.165) is 19.3 Å². The maximum atomic E-state index is 12.1. The molecule has 156 valence electrons. The van der Waals surface area contributed by atoms with E-state index >= 15 is 0 Å². The monoisotopic (exact) mass is 395 g/mol. The van der Waals surface area contributed by atoms with Gasteiger partial charge in [-0.2, -0.15) is 0 Å². The summed E-state index contributed by atoms with van der Waals surface area (Å²) in [6.45, 7) is 2.58. The largest absolute Gasteiger partial charge is 0.503 e. The molecule has 1 aromatic rings. The second kappa shape index (κ2) is 13.4. The summed E-state index contributed by atoms with van der Waals surface area (Å²) in [7, 11) is 0. The van der Waals surface area contributed by atoms with Crippen molar-refractivity contribution in [1.29, 1.82) is 0 Å². The SMILES string of the molecule is CCCC(OC(=O)NCC1CCCCC1)OC(=O)c1ccccc1.O=C(O)O. The van der Waals surface area contributed by atoms with Crippen molar-refractivity contribution in [3.05, 3.63) is 35.9 Å². The number of carbonyl (C=O) groups excluding carboxylic acids is 2. The zero-order valence-electron chi connectivity index (χ0n) is 16.1. The first-order valence-corrected chi connectivity index (χ1v) is 9.54. The number of rotatable bonds is 7. The van der Waals surface area contributed by atoms with Crippen LogP contribution in [0.4, 0.5) is 9.59 Å². The van der Waals surface area contributed by atoms with E-state index in [9.17, 15) is 9.59 Å². The predicted octanol–water partition coefficient (Wildman–Crippen LogP) is 4.50. The molecule has 0 spiro atoms. The highest BCUT2D eigenvalue weighted by Crippen LogP contribution is 2.22. The van der Waals surface area contributed by atoms with Crippen molar-refractivity contribution in [2.75, 3.05) is 6.54 Å². The standard InChI is InChI=1S/C19H27NO4.CH2O3/c1-2-9-17(23-18(21)16-12-7-4-8-13-16)24-19(22)20-14-15-10-5-3-6-11-15;2-1(3)4/h4,7-8,12-13,15,17H,2-3,5-6,9-11,14H2,1H3,(H,20,22);(H2,2,3,4). The highest BCUT2D eigenvalue weighted by molar-refractivity contribution is 5.89. The zero-order chi connectivity index (χ0) is 20.8. The Balaban J connectivity index is 0.000000892. The fourth-order valence-corrected chi connectivity index (χ4v) is 2.92. The minimum Gasteiger partial charge on any atom is -0.450 e. The summed E-state index contributed by atoms with van der Waals surface area (Å²) in [6.07, 6.45) is 4.09. The fraction of sp³-hybridized carbons (Fsp3) is 0.550. The molecule has 0 saturated heterocycles.